The summed E-state index contributed by atoms with van der Waals surface area (Å²) in [5, 5.41) is 0. The quantitative estimate of drug-likeness (QED) is 0.641. The van der Waals surface area contributed by atoms with Gasteiger partial charge in [-0.05, 0) is 19.1 Å². The van der Waals surface area contributed by atoms with Gasteiger partial charge in [-0.15, -0.1) is 0 Å². The number of ketones is 1. The van der Waals surface area contributed by atoms with E-state index in [9.17, 15) is 9.36 Å². The van der Waals surface area contributed by atoms with Crippen LogP contribution in [0.15, 0.2) is 22.8 Å². The van der Waals surface area contributed by atoms with E-state index in [0.717, 1.165) is 0 Å². The molecule has 0 aliphatic heterocycles. The molecule has 0 radical (unpaired) electrons. The van der Waals surface area contributed by atoms with Crippen molar-refractivity contribution in [3.05, 3.63) is 24.2 Å². The molecular weight excluding hydrogens is 311 g/mol. The summed E-state index contributed by atoms with van der Waals surface area (Å²) >= 11 is 2.83. The topological polar surface area (TPSA) is 87.7 Å². The summed E-state index contributed by atoms with van der Waals surface area (Å²) in [6.07, 6.45) is 1.80. The Morgan fingerprint density at radius 2 is 2.24 bits per heavy atom. The van der Waals surface area contributed by atoms with Crippen molar-refractivity contribution in [3.63, 3.8) is 0 Å². The molecule has 96 valence electrons. The van der Waals surface area contributed by atoms with Gasteiger partial charge in [-0.1, -0.05) is 22.9 Å². The fraction of sp³-hybridized carbons (Fsp3) is 0.500. The maximum atomic E-state index is 12.0. The van der Waals surface area contributed by atoms with Gasteiger partial charge < -0.3 is 14.2 Å². The number of furan rings is 1. The summed E-state index contributed by atoms with van der Waals surface area (Å²) in [5.74, 6) is -0.472. The minimum Gasteiger partial charge on any atom is -0.469 e. The number of hydrogen-bond acceptors (Lipinski definition) is 3. The second-order valence-corrected chi connectivity index (χ2v) is 8.23. The van der Waals surface area contributed by atoms with Crippen molar-refractivity contribution in [1.82, 2.24) is 0 Å². The Morgan fingerprint density at radius 1 is 1.65 bits per heavy atom. The highest BCUT2D eigenvalue weighted by atomic mass is 79.9. The van der Waals surface area contributed by atoms with E-state index in [1.54, 1.807) is 19.1 Å². The SMILES string of the molecule is CC(Cc1ccco1)C(=O)C(C)(Br)P(=O)(O)O. The van der Waals surface area contributed by atoms with Crippen LogP contribution in [0.25, 0.3) is 0 Å². The molecule has 7 heteroatoms. The number of carbonyl (C=O) groups excluding carboxylic acids is 1. The Bertz CT molecular complexity index is 434. The van der Waals surface area contributed by atoms with Crippen molar-refractivity contribution in [2.45, 2.75) is 24.3 Å². The van der Waals surface area contributed by atoms with Crippen molar-refractivity contribution in [1.29, 1.82) is 0 Å². The number of rotatable bonds is 5. The van der Waals surface area contributed by atoms with Crippen LogP contribution in [0, 0.1) is 5.92 Å². The summed E-state index contributed by atoms with van der Waals surface area (Å²) in [6, 6.07) is 3.41. The lowest BCUT2D eigenvalue weighted by Crippen LogP contribution is -2.33. The average Bonchev–Trinajstić information content (AvgIpc) is 2.67. The Hall–Kier alpha value is -0.420. The standard InChI is InChI=1S/C10H14BrO5P/c1-7(6-8-4-3-5-16-8)9(12)10(2,11)17(13,14)15/h3-5,7H,6H2,1-2H3,(H2,13,14,15). The Labute approximate surface area is 107 Å². The van der Waals surface area contributed by atoms with Crippen LogP contribution >= 0.6 is 23.5 Å². The first-order chi connectivity index (χ1) is 7.66. The van der Waals surface area contributed by atoms with Crippen LogP contribution in [-0.4, -0.2) is 19.6 Å². The minimum atomic E-state index is -4.53. The van der Waals surface area contributed by atoms with Gasteiger partial charge >= 0.3 is 7.60 Å². The number of Topliss-reactive ketones (excluding diaryl/α,β-unsaturated/α-hetero) is 1. The van der Waals surface area contributed by atoms with Crippen LogP contribution in [0.4, 0.5) is 0 Å². The smallest absolute Gasteiger partial charge is 0.349 e. The number of alkyl halides is 1. The highest BCUT2D eigenvalue weighted by Gasteiger charge is 2.48. The monoisotopic (exact) mass is 324 g/mol. The van der Waals surface area contributed by atoms with Gasteiger partial charge in [0, 0.05) is 12.3 Å². The highest BCUT2D eigenvalue weighted by molar-refractivity contribution is 9.11. The van der Waals surface area contributed by atoms with Gasteiger partial charge in [-0.3, -0.25) is 9.36 Å². The molecule has 0 aromatic carbocycles. The zero-order valence-corrected chi connectivity index (χ0v) is 11.9. The summed E-state index contributed by atoms with van der Waals surface area (Å²) in [5.41, 5.74) is 0. The van der Waals surface area contributed by atoms with Crippen molar-refractivity contribution in [3.8, 4) is 0 Å². The van der Waals surface area contributed by atoms with Crippen LogP contribution in [0.2, 0.25) is 0 Å². The zero-order chi connectivity index (χ0) is 13.3. The van der Waals surface area contributed by atoms with Crippen molar-refractivity contribution < 1.29 is 23.6 Å². The summed E-state index contributed by atoms with van der Waals surface area (Å²) in [4.78, 5) is 30.2. The normalized spacial score (nSPS) is 17.5. The molecule has 1 aromatic rings. The molecule has 2 N–H and O–H groups in total. The molecular formula is C10H14BrO5P. The van der Waals surface area contributed by atoms with E-state index in [2.05, 4.69) is 15.9 Å². The lowest BCUT2D eigenvalue weighted by atomic mass is 9.99. The Balaban J connectivity index is 2.80. The molecule has 1 rings (SSSR count). The van der Waals surface area contributed by atoms with Gasteiger partial charge in [0.15, 0.2) is 9.85 Å². The van der Waals surface area contributed by atoms with Gasteiger partial charge in [0.25, 0.3) is 0 Å². The van der Waals surface area contributed by atoms with E-state index in [1.165, 1.54) is 13.2 Å². The molecule has 0 saturated heterocycles. The molecule has 0 amide bonds. The zero-order valence-electron chi connectivity index (χ0n) is 9.46. The second-order valence-electron chi connectivity index (χ2n) is 4.05. The lowest BCUT2D eigenvalue weighted by Gasteiger charge is -2.25. The molecule has 0 spiro atoms. The molecule has 1 aromatic heterocycles. The third-order valence-electron chi connectivity index (χ3n) is 2.53. The molecule has 0 aliphatic carbocycles. The molecule has 2 atom stereocenters. The van der Waals surface area contributed by atoms with Crippen LogP contribution in [0.3, 0.4) is 0 Å². The summed E-state index contributed by atoms with van der Waals surface area (Å²) in [6.45, 7) is 2.80. The van der Waals surface area contributed by atoms with E-state index < -0.39 is 23.4 Å². The molecule has 0 bridgehead atoms. The fourth-order valence-electron chi connectivity index (χ4n) is 1.42. The predicted molar refractivity (Wildman–Crippen MR) is 66.0 cm³/mol. The predicted octanol–water partition coefficient (Wildman–Crippen LogP) is 2.32. The fourth-order valence-corrected chi connectivity index (χ4v) is 2.31. The maximum absolute atomic E-state index is 12.0. The van der Waals surface area contributed by atoms with Crippen molar-refractivity contribution in [2.75, 3.05) is 0 Å². The average molecular weight is 325 g/mol. The molecule has 2 unspecified atom stereocenters. The van der Waals surface area contributed by atoms with Gasteiger partial charge in [0.2, 0.25) is 0 Å². The number of hydrogen-bond donors (Lipinski definition) is 2. The van der Waals surface area contributed by atoms with E-state index in [1.807, 2.05) is 0 Å². The number of carbonyl (C=O) groups is 1. The highest BCUT2D eigenvalue weighted by Crippen LogP contribution is 2.55. The first kappa shape index (κ1) is 14.6. The molecule has 17 heavy (non-hydrogen) atoms. The van der Waals surface area contributed by atoms with E-state index >= 15 is 0 Å². The van der Waals surface area contributed by atoms with E-state index in [0.29, 0.717) is 12.2 Å². The molecule has 0 aliphatic rings. The molecule has 0 saturated carbocycles. The maximum Gasteiger partial charge on any atom is 0.349 e. The van der Waals surface area contributed by atoms with Gasteiger partial charge in [-0.2, -0.15) is 0 Å². The largest absolute Gasteiger partial charge is 0.469 e. The molecule has 1 heterocycles. The van der Waals surface area contributed by atoms with Crippen LogP contribution in [-0.2, 0) is 15.8 Å². The Kier molecular flexibility index (Phi) is 4.36. The molecule has 5 nitrogen and oxygen atoms in total. The summed E-state index contributed by atoms with van der Waals surface area (Å²) in [7, 11) is -4.53. The second kappa shape index (κ2) is 5.06. The van der Waals surface area contributed by atoms with Crippen LogP contribution in [0.1, 0.15) is 19.6 Å². The van der Waals surface area contributed by atoms with Crippen molar-refractivity contribution in [2.24, 2.45) is 5.92 Å². The van der Waals surface area contributed by atoms with E-state index in [-0.39, 0.29) is 0 Å². The first-order valence-corrected chi connectivity index (χ1v) is 7.38. The minimum absolute atomic E-state index is 0.313. The summed E-state index contributed by atoms with van der Waals surface area (Å²) < 4.78 is 14.5. The van der Waals surface area contributed by atoms with Gasteiger partial charge in [0.1, 0.15) is 5.76 Å². The lowest BCUT2D eigenvalue weighted by molar-refractivity contribution is -0.122. The third-order valence-corrected chi connectivity index (χ3v) is 5.62. The van der Waals surface area contributed by atoms with Gasteiger partial charge in [-0.25, -0.2) is 0 Å². The van der Waals surface area contributed by atoms with Crippen LogP contribution in [0.5, 0.6) is 0 Å². The Morgan fingerprint density at radius 3 is 2.65 bits per heavy atom. The first-order valence-electron chi connectivity index (χ1n) is 4.97. The third kappa shape index (κ3) is 3.28. The van der Waals surface area contributed by atoms with Gasteiger partial charge in [0.05, 0.1) is 6.26 Å². The van der Waals surface area contributed by atoms with E-state index in [4.69, 9.17) is 14.2 Å². The van der Waals surface area contributed by atoms with Crippen molar-refractivity contribution >= 4 is 29.3 Å². The number of halogens is 1. The molecule has 0 fully saturated rings. The van der Waals surface area contributed by atoms with Crippen LogP contribution < -0.4 is 0 Å².